The Balaban J connectivity index is 2.42. The van der Waals surface area contributed by atoms with E-state index in [2.05, 4.69) is 28.9 Å². The van der Waals surface area contributed by atoms with E-state index < -0.39 is 0 Å². The largest absolute Gasteiger partial charge is 0.327 e. The molecule has 0 spiro atoms. The van der Waals surface area contributed by atoms with E-state index in [1.807, 2.05) is 12.1 Å². The van der Waals surface area contributed by atoms with Gasteiger partial charge in [-0.05, 0) is 37.5 Å². The van der Waals surface area contributed by atoms with Gasteiger partial charge in [-0.3, -0.25) is 0 Å². The highest BCUT2D eigenvalue weighted by Gasteiger charge is 2.48. The zero-order chi connectivity index (χ0) is 10.3. The molecule has 2 N–H and O–H groups in total. The average Bonchev–Trinajstić information content (AvgIpc) is 2.84. The normalized spacial score (nSPS) is 20.6. The molecule has 0 aromatic heterocycles. The van der Waals surface area contributed by atoms with Gasteiger partial charge < -0.3 is 5.73 Å². The maximum absolute atomic E-state index is 6.21. The Morgan fingerprint density at radius 1 is 1.50 bits per heavy atom. The first kappa shape index (κ1) is 10.5. The molecule has 1 aliphatic rings. The van der Waals surface area contributed by atoms with Crippen molar-refractivity contribution in [2.45, 2.75) is 31.2 Å². The van der Waals surface area contributed by atoms with Crippen LogP contribution in [0.5, 0.6) is 0 Å². The van der Waals surface area contributed by atoms with E-state index in [-0.39, 0.29) is 11.5 Å². The number of hydrogen-bond acceptors (Lipinski definition) is 1. The van der Waals surface area contributed by atoms with Crippen LogP contribution in [-0.2, 0) is 5.41 Å². The highest BCUT2D eigenvalue weighted by molar-refractivity contribution is 9.10. The van der Waals surface area contributed by atoms with Crippen molar-refractivity contribution in [2.75, 3.05) is 0 Å². The van der Waals surface area contributed by atoms with Crippen LogP contribution in [0.25, 0.3) is 0 Å². The number of halogens is 2. The number of rotatable bonds is 2. The molecule has 0 saturated heterocycles. The minimum absolute atomic E-state index is 0.151. The standard InChI is InChI=1S/C11H13BrClN/c1-7(14)11(4-5-11)9-3-2-8(12)6-10(9)13/h2-3,6-7H,4-5,14H2,1H3. The summed E-state index contributed by atoms with van der Waals surface area (Å²) in [5.74, 6) is 0. The molecule has 1 aliphatic carbocycles. The molecule has 0 heterocycles. The van der Waals surface area contributed by atoms with E-state index in [1.54, 1.807) is 0 Å². The summed E-state index contributed by atoms with van der Waals surface area (Å²) in [6.45, 7) is 2.06. The molecule has 1 saturated carbocycles. The third-order valence-electron chi connectivity index (χ3n) is 3.13. The van der Waals surface area contributed by atoms with E-state index in [4.69, 9.17) is 17.3 Å². The topological polar surface area (TPSA) is 26.0 Å². The summed E-state index contributed by atoms with van der Waals surface area (Å²) in [7, 11) is 0. The van der Waals surface area contributed by atoms with Gasteiger partial charge >= 0.3 is 0 Å². The summed E-state index contributed by atoms with van der Waals surface area (Å²) in [6, 6.07) is 6.24. The van der Waals surface area contributed by atoms with Crippen LogP contribution < -0.4 is 5.73 Å². The van der Waals surface area contributed by atoms with Crippen LogP contribution >= 0.6 is 27.5 Å². The van der Waals surface area contributed by atoms with Crippen molar-refractivity contribution < 1.29 is 0 Å². The Hall–Kier alpha value is -0.0500. The van der Waals surface area contributed by atoms with Gasteiger partial charge in [0, 0.05) is 21.0 Å². The lowest BCUT2D eigenvalue weighted by Crippen LogP contribution is -2.31. The van der Waals surface area contributed by atoms with Gasteiger partial charge in [-0.15, -0.1) is 0 Å². The summed E-state index contributed by atoms with van der Waals surface area (Å²) in [4.78, 5) is 0. The molecule has 76 valence electrons. The Bertz CT molecular complexity index is 358. The summed E-state index contributed by atoms with van der Waals surface area (Å²) in [5, 5.41) is 0.828. The fourth-order valence-corrected chi connectivity index (χ4v) is 2.86. The molecule has 1 aromatic carbocycles. The first-order valence-corrected chi connectivity index (χ1v) is 5.94. The minimum atomic E-state index is 0.151. The third-order valence-corrected chi connectivity index (χ3v) is 3.93. The number of hydrogen-bond donors (Lipinski definition) is 1. The fourth-order valence-electron chi connectivity index (χ4n) is 2.00. The van der Waals surface area contributed by atoms with Crippen LogP contribution in [0.1, 0.15) is 25.3 Å². The molecule has 1 aromatic rings. The maximum atomic E-state index is 6.21. The lowest BCUT2D eigenvalue weighted by atomic mass is 9.89. The predicted octanol–water partition coefficient (Wildman–Crippen LogP) is 3.48. The maximum Gasteiger partial charge on any atom is 0.0455 e. The first-order chi connectivity index (χ1) is 6.56. The van der Waals surface area contributed by atoms with Crippen LogP contribution in [0, 0.1) is 0 Å². The molecule has 1 atom stereocenters. The van der Waals surface area contributed by atoms with Crippen molar-refractivity contribution >= 4 is 27.5 Å². The molecule has 1 fully saturated rings. The van der Waals surface area contributed by atoms with Gasteiger partial charge in [-0.25, -0.2) is 0 Å². The molecule has 14 heavy (non-hydrogen) atoms. The van der Waals surface area contributed by atoms with Gasteiger partial charge in [0.05, 0.1) is 0 Å². The van der Waals surface area contributed by atoms with Crippen molar-refractivity contribution in [2.24, 2.45) is 5.73 Å². The monoisotopic (exact) mass is 273 g/mol. The second-order valence-corrected chi connectivity index (χ2v) is 5.39. The zero-order valence-corrected chi connectivity index (χ0v) is 10.4. The van der Waals surface area contributed by atoms with Crippen LogP contribution in [0.4, 0.5) is 0 Å². The molecule has 0 aliphatic heterocycles. The Morgan fingerprint density at radius 3 is 2.57 bits per heavy atom. The quantitative estimate of drug-likeness (QED) is 0.878. The van der Waals surface area contributed by atoms with Gasteiger partial charge in [0.25, 0.3) is 0 Å². The van der Waals surface area contributed by atoms with E-state index in [0.717, 1.165) is 22.3 Å². The molecule has 1 unspecified atom stereocenters. The molecular formula is C11H13BrClN. The van der Waals surface area contributed by atoms with Crippen molar-refractivity contribution in [3.8, 4) is 0 Å². The molecule has 0 bridgehead atoms. The summed E-state index contributed by atoms with van der Waals surface area (Å²) in [6.07, 6.45) is 2.32. The highest BCUT2D eigenvalue weighted by Crippen LogP contribution is 2.52. The fraction of sp³-hybridized carbons (Fsp3) is 0.455. The van der Waals surface area contributed by atoms with Gasteiger partial charge in [0.15, 0.2) is 0 Å². The van der Waals surface area contributed by atoms with E-state index in [0.29, 0.717) is 0 Å². The Labute approximate surface area is 97.8 Å². The summed E-state index contributed by atoms with van der Waals surface area (Å²) in [5.41, 5.74) is 7.36. The second kappa shape index (κ2) is 3.51. The molecule has 2 rings (SSSR count). The lowest BCUT2D eigenvalue weighted by Gasteiger charge is -2.21. The molecular weight excluding hydrogens is 261 g/mol. The van der Waals surface area contributed by atoms with Crippen LogP contribution in [-0.4, -0.2) is 6.04 Å². The van der Waals surface area contributed by atoms with Gasteiger partial charge in [-0.1, -0.05) is 33.6 Å². The van der Waals surface area contributed by atoms with Crippen LogP contribution in [0.3, 0.4) is 0 Å². The van der Waals surface area contributed by atoms with E-state index >= 15 is 0 Å². The van der Waals surface area contributed by atoms with Crippen molar-refractivity contribution in [3.05, 3.63) is 33.3 Å². The second-order valence-electron chi connectivity index (χ2n) is 4.07. The SMILES string of the molecule is CC(N)C1(c2ccc(Br)cc2Cl)CC1. The van der Waals surface area contributed by atoms with Gasteiger partial charge in [-0.2, -0.15) is 0 Å². The number of benzene rings is 1. The summed E-state index contributed by atoms with van der Waals surface area (Å²) >= 11 is 9.62. The summed E-state index contributed by atoms with van der Waals surface area (Å²) < 4.78 is 1.02. The van der Waals surface area contributed by atoms with Crippen molar-refractivity contribution in [1.82, 2.24) is 0 Å². The lowest BCUT2D eigenvalue weighted by molar-refractivity contribution is 0.557. The highest BCUT2D eigenvalue weighted by atomic mass is 79.9. The van der Waals surface area contributed by atoms with Gasteiger partial charge in [0.2, 0.25) is 0 Å². The molecule has 0 radical (unpaired) electrons. The van der Waals surface area contributed by atoms with E-state index in [1.165, 1.54) is 5.56 Å². The molecule has 3 heteroatoms. The molecule has 1 nitrogen and oxygen atoms in total. The Morgan fingerprint density at radius 2 is 2.14 bits per heavy atom. The number of nitrogens with two attached hydrogens (primary N) is 1. The first-order valence-electron chi connectivity index (χ1n) is 4.77. The van der Waals surface area contributed by atoms with Crippen molar-refractivity contribution in [3.63, 3.8) is 0 Å². The average molecular weight is 275 g/mol. The minimum Gasteiger partial charge on any atom is -0.327 e. The van der Waals surface area contributed by atoms with Crippen molar-refractivity contribution in [1.29, 1.82) is 0 Å². The van der Waals surface area contributed by atoms with E-state index in [9.17, 15) is 0 Å². The van der Waals surface area contributed by atoms with Gasteiger partial charge in [0.1, 0.15) is 0 Å². The van der Waals surface area contributed by atoms with Crippen LogP contribution in [0.15, 0.2) is 22.7 Å². The smallest absolute Gasteiger partial charge is 0.0455 e. The third kappa shape index (κ3) is 1.60. The Kier molecular flexibility index (Phi) is 2.63. The predicted molar refractivity (Wildman–Crippen MR) is 63.7 cm³/mol. The zero-order valence-electron chi connectivity index (χ0n) is 8.06. The molecule has 0 amide bonds. The van der Waals surface area contributed by atoms with Crippen LogP contribution in [0.2, 0.25) is 5.02 Å².